The van der Waals surface area contributed by atoms with Gasteiger partial charge in [0.15, 0.2) is 5.13 Å². The van der Waals surface area contributed by atoms with Crippen LogP contribution in [0.1, 0.15) is 30.1 Å². The smallest absolute Gasteiger partial charge is 0.257 e. The summed E-state index contributed by atoms with van der Waals surface area (Å²) in [7, 11) is -2.02. The minimum Gasteiger partial charge on any atom is -0.298 e. The third-order valence-corrected chi connectivity index (χ3v) is 7.58. The fourth-order valence-corrected chi connectivity index (χ4v) is 5.43. The molecule has 29 heavy (non-hydrogen) atoms. The molecule has 1 heterocycles. The van der Waals surface area contributed by atoms with Crippen molar-refractivity contribution in [2.75, 3.05) is 18.9 Å². The zero-order chi connectivity index (χ0) is 21.2. The Hall–Kier alpha value is -1.71. The van der Waals surface area contributed by atoms with Crippen molar-refractivity contribution < 1.29 is 13.2 Å². The fourth-order valence-electron chi connectivity index (χ4n) is 2.64. The molecular weight excluding hydrogens is 453 g/mol. The molecule has 2 aromatic carbocycles. The number of aromatic nitrogens is 1. The second-order valence-corrected chi connectivity index (χ2v) is 10.3. The van der Waals surface area contributed by atoms with E-state index in [-0.39, 0.29) is 4.90 Å². The van der Waals surface area contributed by atoms with Crippen molar-refractivity contribution in [3.8, 4) is 0 Å². The molecule has 1 amide bonds. The Labute approximate surface area is 183 Å². The Balaban J connectivity index is 1.76. The number of nitrogens with one attached hydrogen (secondary N) is 1. The molecule has 1 N–H and O–H groups in total. The van der Waals surface area contributed by atoms with Crippen LogP contribution >= 0.6 is 34.5 Å². The van der Waals surface area contributed by atoms with Gasteiger partial charge in [-0.1, -0.05) is 47.9 Å². The maximum absolute atomic E-state index is 12.6. The Morgan fingerprint density at radius 3 is 2.55 bits per heavy atom. The van der Waals surface area contributed by atoms with Crippen LogP contribution in [0.4, 0.5) is 5.13 Å². The van der Waals surface area contributed by atoms with Gasteiger partial charge in [0.1, 0.15) is 5.52 Å². The molecule has 0 atom stereocenters. The SMILES string of the molecule is CCCCN(C)S(=O)(=O)c1ccc(C(=O)Nc2nc3c(Cl)cc(Cl)cc3s2)cc1. The van der Waals surface area contributed by atoms with Crippen molar-refractivity contribution in [1.82, 2.24) is 9.29 Å². The first-order chi connectivity index (χ1) is 13.7. The number of rotatable bonds is 7. The largest absolute Gasteiger partial charge is 0.298 e. The predicted octanol–water partition coefficient (Wildman–Crippen LogP) is 5.28. The number of unbranched alkanes of at least 4 members (excludes halogenated alkanes) is 1. The number of carbonyl (C=O) groups excluding carboxylic acids is 1. The summed E-state index contributed by atoms with van der Waals surface area (Å²) in [4.78, 5) is 17.0. The van der Waals surface area contributed by atoms with Gasteiger partial charge in [0.2, 0.25) is 10.0 Å². The highest BCUT2D eigenvalue weighted by Gasteiger charge is 2.21. The van der Waals surface area contributed by atoms with Crippen molar-refractivity contribution >= 4 is 65.8 Å². The molecule has 0 unspecified atom stereocenters. The van der Waals surface area contributed by atoms with Crippen LogP contribution in [-0.2, 0) is 10.0 Å². The van der Waals surface area contributed by atoms with E-state index in [1.807, 2.05) is 6.92 Å². The first-order valence-corrected chi connectivity index (χ1v) is 11.9. The summed E-state index contributed by atoms with van der Waals surface area (Å²) in [5.74, 6) is -0.394. The molecule has 3 rings (SSSR count). The molecule has 0 aliphatic rings. The lowest BCUT2D eigenvalue weighted by Crippen LogP contribution is -2.28. The number of nitrogens with zero attached hydrogens (tertiary/aromatic N) is 2. The monoisotopic (exact) mass is 471 g/mol. The first kappa shape index (κ1) is 22.0. The van der Waals surface area contributed by atoms with Gasteiger partial charge in [-0.15, -0.1) is 0 Å². The van der Waals surface area contributed by atoms with E-state index in [0.29, 0.717) is 32.8 Å². The van der Waals surface area contributed by atoms with Crippen molar-refractivity contribution in [1.29, 1.82) is 0 Å². The minimum atomic E-state index is -3.57. The molecule has 0 radical (unpaired) electrons. The summed E-state index contributed by atoms with van der Waals surface area (Å²) < 4.78 is 27.2. The molecule has 0 saturated heterocycles. The number of fused-ring (bicyclic) bond motifs is 1. The third kappa shape index (κ3) is 4.90. The van der Waals surface area contributed by atoms with Crippen LogP contribution in [0.5, 0.6) is 0 Å². The number of anilines is 1. The van der Waals surface area contributed by atoms with Crippen LogP contribution in [0.3, 0.4) is 0 Å². The molecule has 0 saturated carbocycles. The Kier molecular flexibility index (Phi) is 6.80. The topological polar surface area (TPSA) is 79.4 Å². The van der Waals surface area contributed by atoms with Gasteiger partial charge in [-0.3, -0.25) is 10.1 Å². The fraction of sp³-hybridized carbons (Fsp3) is 0.263. The van der Waals surface area contributed by atoms with E-state index in [0.717, 1.165) is 17.5 Å². The Bertz CT molecular complexity index is 1150. The number of thiazole rings is 1. The van der Waals surface area contributed by atoms with E-state index in [1.165, 1.54) is 39.9 Å². The molecule has 0 aliphatic carbocycles. The summed E-state index contributed by atoms with van der Waals surface area (Å²) in [6.07, 6.45) is 1.69. The van der Waals surface area contributed by atoms with Crippen molar-refractivity contribution in [2.45, 2.75) is 24.7 Å². The van der Waals surface area contributed by atoms with Gasteiger partial charge in [-0.25, -0.2) is 17.7 Å². The number of hydrogen-bond acceptors (Lipinski definition) is 5. The van der Waals surface area contributed by atoms with Crippen LogP contribution in [0.2, 0.25) is 10.0 Å². The molecule has 10 heteroatoms. The minimum absolute atomic E-state index is 0.147. The quantitative estimate of drug-likeness (QED) is 0.508. The first-order valence-electron chi connectivity index (χ1n) is 8.85. The van der Waals surface area contributed by atoms with E-state index < -0.39 is 15.9 Å². The van der Waals surface area contributed by atoms with Gasteiger partial charge < -0.3 is 0 Å². The second-order valence-electron chi connectivity index (χ2n) is 6.41. The second kappa shape index (κ2) is 8.97. The van der Waals surface area contributed by atoms with E-state index in [4.69, 9.17) is 23.2 Å². The molecule has 0 fully saturated rings. The number of sulfonamides is 1. The maximum Gasteiger partial charge on any atom is 0.257 e. The van der Waals surface area contributed by atoms with Crippen LogP contribution in [0.15, 0.2) is 41.3 Å². The molecule has 0 spiro atoms. The van der Waals surface area contributed by atoms with E-state index >= 15 is 0 Å². The van der Waals surface area contributed by atoms with Crippen LogP contribution < -0.4 is 5.32 Å². The number of halogens is 2. The van der Waals surface area contributed by atoms with Crippen molar-refractivity contribution in [3.05, 3.63) is 52.0 Å². The van der Waals surface area contributed by atoms with Crippen LogP contribution in [0.25, 0.3) is 10.2 Å². The summed E-state index contributed by atoms with van der Waals surface area (Å²) >= 11 is 13.4. The molecule has 3 aromatic rings. The standard InChI is InChI=1S/C19H19Cl2N3O3S2/c1-3-4-9-24(2)29(26,27)14-7-5-12(6-8-14)18(25)23-19-22-17-15(21)10-13(20)11-16(17)28-19/h5-8,10-11H,3-4,9H2,1-2H3,(H,22,23,25). The average molecular weight is 472 g/mol. The van der Waals surface area contributed by atoms with Gasteiger partial charge in [0.05, 0.1) is 14.6 Å². The summed E-state index contributed by atoms with van der Waals surface area (Å²) in [6.45, 7) is 2.45. The Morgan fingerprint density at radius 2 is 1.90 bits per heavy atom. The zero-order valence-electron chi connectivity index (χ0n) is 15.8. The molecular formula is C19H19Cl2N3O3S2. The lowest BCUT2D eigenvalue weighted by molar-refractivity contribution is 0.102. The van der Waals surface area contributed by atoms with Crippen molar-refractivity contribution in [3.63, 3.8) is 0 Å². The van der Waals surface area contributed by atoms with Crippen LogP contribution in [-0.4, -0.2) is 37.2 Å². The van der Waals surface area contributed by atoms with Crippen molar-refractivity contribution in [2.24, 2.45) is 0 Å². The highest BCUT2D eigenvalue weighted by atomic mass is 35.5. The normalized spacial score (nSPS) is 11.9. The van der Waals surface area contributed by atoms with Gasteiger partial charge in [0.25, 0.3) is 5.91 Å². The molecule has 1 aromatic heterocycles. The summed E-state index contributed by atoms with van der Waals surface area (Å²) in [6, 6.07) is 9.14. The molecule has 0 bridgehead atoms. The zero-order valence-corrected chi connectivity index (χ0v) is 18.9. The highest BCUT2D eigenvalue weighted by Crippen LogP contribution is 2.33. The maximum atomic E-state index is 12.6. The lowest BCUT2D eigenvalue weighted by atomic mass is 10.2. The van der Waals surface area contributed by atoms with Gasteiger partial charge in [-0.05, 0) is 42.8 Å². The number of amides is 1. The van der Waals surface area contributed by atoms with E-state index in [2.05, 4.69) is 10.3 Å². The molecule has 154 valence electrons. The number of hydrogen-bond donors (Lipinski definition) is 1. The third-order valence-electron chi connectivity index (χ3n) is 4.28. The predicted molar refractivity (Wildman–Crippen MR) is 119 cm³/mol. The molecule has 0 aliphatic heterocycles. The van der Waals surface area contributed by atoms with E-state index in [9.17, 15) is 13.2 Å². The Morgan fingerprint density at radius 1 is 1.21 bits per heavy atom. The summed E-state index contributed by atoms with van der Waals surface area (Å²) in [5.41, 5.74) is 0.886. The average Bonchev–Trinajstić information content (AvgIpc) is 3.08. The number of benzene rings is 2. The van der Waals surface area contributed by atoms with Gasteiger partial charge in [-0.2, -0.15) is 0 Å². The molecule has 6 nitrogen and oxygen atoms in total. The highest BCUT2D eigenvalue weighted by molar-refractivity contribution is 7.89. The van der Waals surface area contributed by atoms with Crippen LogP contribution in [0, 0.1) is 0 Å². The summed E-state index contributed by atoms with van der Waals surface area (Å²) in [5, 5.41) is 3.99. The van der Waals surface area contributed by atoms with E-state index in [1.54, 1.807) is 19.2 Å². The van der Waals surface area contributed by atoms with Gasteiger partial charge >= 0.3 is 0 Å². The lowest BCUT2D eigenvalue weighted by Gasteiger charge is -2.16. The van der Waals surface area contributed by atoms with Gasteiger partial charge in [0, 0.05) is 24.2 Å². The number of carbonyl (C=O) groups is 1.